The number of imidazole rings is 1. The van der Waals surface area contributed by atoms with E-state index in [-0.39, 0.29) is 0 Å². The zero-order valence-corrected chi connectivity index (χ0v) is 20.9. The van der Waals surface area contributed by atoms with Gasteiger partial charge in [-0.2, -0.15) is 4.98 Å². The fourth-order valence-electron chi connectivity index (χ4n) is 3.78. The molecule has 37 heavy (non-hydrogen) atoms. The van der Waals surface area contributed by atoms with E-state index in [0.717, 1.165) is 16.7 Å². The highest BCUT2D eigenvalue weighted by Crippen LogP contribution is 2.28. The van der Waals surface area contributed by atoms with Crippen molar-refractivity contribution in [3.8, 4) is 28.7 Å². The quantitative estimate of drug-likeness (QED) is 0.265. The molecule has 3 aromatic carbocycles. The Kier molecular flexibility index (Phi) is 6.87. The van der Waals surface area contributed by atoms with Gasteiger partial charge in [-0.25, -0.2) is 9.78 Å². The molecule has 0 aliphatic rings. The Morgan fingerprint density at radius 1 is 1.08 bits per heavy atom. The molecule has 10 heteroatoms. The van der Waals surface area contributed by atoms with Crippen LogP contribution in [0.15, 0.2) is 83.8 Å². The van der Waals surface area contributed by atoms with Crippen molar-refractivity contribution in [1.29, 1.82) is 0 Å². The third kappa shape index (κ3) is 5.62. The summed E-state index contributed by atoms with van der Waals surface area (Å²) in [5, 5.41) is 10.1. The maximum absolute atomic E-state index is 12.4. The van der Waals surface area contributed by atoms with Gasteiger partial charge in [-0.15, -0.1) is 0 Å². The molecule has 2 heterocycles. The fraction of sp³-hybridized carbons (Fsp3) is 0.111. The van der Waals surface area contributed by atoms with Crippen LogP contribution < -0.4 is 15.4 Å². The Hall–Kier alpha value is -4.63. The van der Waals surface area contributed by atoms with Gasteiger partial charge in [0.2, 0.25) is 5.82 Å². The number of urea groups is 1. The van der Waals surface area contributed by atoms with E-state index in [0.29, 0.717) is 46.1 Å². The lowest BCUT2D eigenvalue weighted by molar-refractivity contribution is 0.262. The van der Waals surface area contributed by atoms with Gasteiger partial charge in [0.25, 0.3) is 5.89 Å². The van der Waals surface area contributed by atoms with Gasteiger partial charge in [0.15, 0.2) is 0 Å². The van der Waals surface area contributed by atoms with Crippen molar-refractivity contribution >= 4 is 29.0 Å². The monoisotopic (exact) mass is 514 g/mol. The number of ether oxygens (including phenoxy) is 1. The van der Waals surface area contributed by atoms with E-state index in [1.54, 1.807) is 24.5 Å². The lowest BCUT2D eigenvalue weighted by Crippen LogP contribution is -2.19. The van der Waals surface area contributed by atoms with E-state index < -0.39 is 6.03 Å². The van der Waals surface area contributed by atoms with Crippen molar-refractivity contribution in [2.24, 2.45) is 0 Å². The number of rotatable bonds is 7. The van der Waals surface area contributed by atoms with Crippen LogP contribution >= 0.6 is 11.6 Å². The molecule has 0 aliphatic carbocycles. The standard InChI is InChI=1S/C27H23ClN6O3/c1-17-5-3-4-6-21(17)25-32-26(37-33-25)23-15-34(16-29-23)14-18-7-10-20(11-8-18)30-27(35)31-22-13-19(28)9-12-24(22)36-2/h3-13,15-16H,14H2,1-2H3,(H2,30,31,35). The van der Waals surface area contributed by atoms with E-state index in [1.165, 1.54) is 7.11 Å². The van der Waals surface area contributed by atoms with E-state index in [9.17, 15) is 4.79 Å². The molecule has 2 aromatic heterocycles. The minimum absolute atomic E-state index is 0.360. The summed E-state index contributed by atoms with van der Waals surface area (Å²) < 4.78 is 12.6. The molecule has 5 aromatic rings. The second-order valence-corrected chi connectivity index (χ2v) is 8.73. The van der Waals surface area contributed by atoms with E-state index in [2.05, 4.69) is 25.8 Å². The van der Waals surface area contributed by atoms with Gasteiger partial charge < -0.3 is 24.5 Å². The highest BCUT2D eigenvalue weighted by molar-refractivity contribution is 6.31. The summed E-state index contributed by atoms with van der Waals surface area (Å²) in [5.41, 5.74) is 4.73. The summed E-state index contributed by atoms with van der Waals surface area (Å²) >= 11 is 6.02. The predicted octanol–water partition coefficient (Wildman–Crippen LogP) is 6.26. The number of anilines is 2. The number of amides is 2. The molecule has 0 fully saturated rings. The number of nitrogens with zero attached hydrogens (tertiary/aromatic N) is 4. The van der Waals surface area contributed by atoms with Crippen LogP contribution in [0.25, 0.3) is 23.0 Å². The van der Waals surface area contributed by atoms with Crippen LogP contribution in [0.4, 0.5) is 16.2 Å². The SMILES string of the molecule is COc1ccc(Cl)cc1NC(=O)Nc1ccc(Cn2cnc(-c3nc(-c4ccccc4C)no3)c2)cc1. The normalized spacial score (nSPS) is 10.8. The molecule has 186 valence electrons. The predicted molar refractivity (Wildman–Crippen MR) is 142 cm³/mol. The molecule has 9 nitrogen and oxygen atoms in total. The van der Waals surface area contributed by atoms with Crippen LogP contribution in [-0.2, 0) is 6.54 Å². The molecule has 0 saturated heterocycles. The lowest BCUT2D eigenvalue weighted by Gasteiger charge is -2.12. The lowest BCUT2D eigenvalue weighted by atomic mass is 10.1. The smallest absolute Gasteiger partial charge is 0.323 e. The Labute approximate surface area is 218 Å². The van der Waals surface area contributed by atoms with Crippen molar-refractivity contribution in [3.05, 3.63) is 95.4 Å². The molecule has 0 spiro atoms. The molecule has 0 atom stereocenters. The van der Waals surface area contributed by atoms with Crippen LogP contribution in [0.3, 0.4) is 0 Å². The summed E-state index contributed by atoms with van der Waals surface area (Å²) in [6.07, 6.45) is 3.57. The first kappa shape index (κ1) is 24.1. The Balaban J connectivity index is 1.21. The number of hydrogen-bond acceptors (Lipinski definition) is 6. The molecule has 0 radical (unpaired) electrons. The zero-order chi connectivity index (χ0) is 25.8. The fourth-order valence-corrected chi connectivity index (χ4v) is 3.96. The highest BCUT2D eigenvalue weighted by atomic mass is 35.5. The number of aromatic nitrogens is 4. The second kappa shape index (κ2) is 10.5. The largest absolute Gasteiger partial charge is 0.495 e. The van der Waals surface area contributed by atoms with Crippen LogP contribution in [0, 0.1) is 6.92 Å². The number of methoxy groups -OCH3 is 1. The number of nitrogens with one attached hydrogen (secondary N) is 2. The number of hydrogen-bond donors (Lipinski definition) is 2. The number of aryl methyl sites for hydroxylation is 1. The van der Waals surface area contributed by atoms with Gasteiger partial charge in [0, 0.05) is 29.0 Å². The molecular weight excluding hydrogens is 492 g/mol. The zero-order valence-electron chi connectivity index (χ0n) is 20.1. The second-order valence-electron chi connectivity index (χ2n) is 8.29. The van der Waals surface area contributed by atoms with Crippen molar-refractivity contribution in [2.45, 2.75) is 13.5 Å². The first-order valence-electron chi connectivity index (χ1n) is 11.4. The van der Waals surface area contributed by atoms with Gasteiger partial charge in [-0.05, 0) is 48.4 Å². The third-order valence-electron chi connectivity index (χ3n) is 5.65. The molecule has 0 unspecified atom stereocenters. The van der Waals surface area contributed by atoms with Crippen LogP contribution in [0.2, 0.25) is 5.02 Å². The third-order valence-corrected chi connectivity index (χ3v) is 5.89. The van der Waals surface area contributed by atoms with Crippen molar-refractivity contribution in [3.63, 3.8) is 0 Å². The summed E-state index contributed by atoms with van der Waals surface area (Å²) in [5.74, 6) is 1.41. The Bertz CT molecular complexity index is 1540. The summed E-state index contributed by atoms with van der Waals surface area (Å²) in [4.78, 5) is 21.3. The maximum Gasteiger partial charge on any atom is 0.323 e. The molecule has 0 aliphatic heterocycles. The highest BCUT2D eigenvalue weighted by Gasteiger charge is 2.14. The van der Waals surface area contributed by atoms with Gasteiger partial charge in [-0.3, -0.25) is 0 Å². The van der Waals surface area contributed by atoms with Gasteiger partial charge in [0.1, 0.15) is 11.4 Å². The molecule has 0 bridgehead atoms. The van der Waals surface area contributed by atoms with Crippen LogP contribution in [-0.4, -0.2) is 32.8 Å². The van der Waals surface area contributed by atoms with Crippen LogP contribution in [0.5, 0.6) is 5.75 Å². The summed E-state index contributed by atoms with van der Waals surface area (Å²) in [7, 11) is 1.53. The molecule has 5 rings (SSSR count). The average molecular weight is 515 g/mol. The van der Waals surface area contributed by atoms with Crippen molar-refractivity contribution < 1.29 is 14.1 Å². The summed E-state index contributed by atoms with van der Waals surface area (Å²) in [6, 6.07) is 20.0. The number of carbonyl (C=O) groups is 1. The first-order valence-corrected chi connectivity index (χ1v) is 11.8. The number of carbonyl (C=O) groups excluding carboxylic acids is 1. The van der Waals surface area contributed by atoms with Crippen molar-refractivity contribution in [2.75, 3.05) is 17.7 Å². The molecule has 2 N–H and O–H groups in total. The first-order chi connectivity index (χ1) is 18.0. The van der Waals surface area contributed by atoms with E-state index >= 15 is 0 Å². The molecular formula is C27H23ClN6O3. The van der Waals surface area contributed by atoms with E-state index in [1.807, 2.05) is 66.2 Å². The Morgan fingerprint density at radius 3 is 2.68 bits per heavy atom. The maximum atomic E-state index is 12.4. The van der Waals surface area contributed by atoms with Crippen LogP contribution in [0.1, 0.15) is 11.1 Å². The van der Waals surface area contributed by atoms with Gasteiger partial charge in [-0.1, -0.05) is 53.2 Å². The van der Waals surface area contributed by atoms with Gasteiger partial charge >= 0.3 is 6.03 Å². The molecule has 0 saturated carbocycles. The summed E-state index contributed by atoms with van der Waals surface area (Å²) in [6.45, 7) is 2.59. The number of halogens is 1. The van der Waals surface area contributed by atoms with Gasteiger partial charge in [0.05, 0.1) is 19.1 Å². The van der Waals surface area contributed by atoms with E-state index in [4.69, 9.17) is 20.9 Å². The topological polar surface area (TPSA) is 107 Å². The minimum Gasteiger partial charge on any atom is -0.495 e. The Morgan fingerprint density at radius 2 is 1.89 bits per heavy atom. The minimum atomic E-state index is -0.405. The molecule has 2 amide bonds. The van der Waals surface area contributed by atoms with Crippen molar-refractivity contribution in [1.82, 2.24) is 19.7 Å². The average Bonchev–Trinajstić information content (AvgIpc) is 3.56. The number of benzene rings is 3.